The molecule has 0 bridgehead atoms. The third-order valence-electron chi connectivity index (χ3n) is 3.66. The molecule has 2 aromatic heterocycles. The molecule has 0 saturated heterocycles. The zero-order valence-electron chi connectivity index (χ0n) is 12.8. The number of aromatic nitrogens is 2. The van der Waals surface area contributed by atoms with Crippen LogP contribution in [0.2, 0.25) is 0 Å². The van der Waals surface area contributed by atoms with Gasteiger partial charge < -0.3 is 14.5 Å². The number of ether oxygens (including phenoxy) is 2. The van der Waals surface area contributed by atoms with Gasteiger partial charge in [-0.2, -0.15) is 0 Å². The molecule has 0 saturated carbocycles. The average molecular weight is 332 g/mol. The zero-order valence-corrected chi connectivity index (χ0v) is 13.6. The van der Waals surface area contributed by atoms with Crippen LogP contribution in [0, 0.1) is 0 Å². The van der Waals surface area contributed by atoms with E-state index in [0.717, 1.165) is 5.56 Å². The number of methoxy groups -OCH3 is 2. The van der Waals surface area contributed by atoms with E-state index in [2.05, 4.69) is 4.98 Å². The largest absolute Gasteiger partial charge is 0.493 e. The number of aromatic amines is 1. The van der Waals surface area contributed by atoms with Crippen LogP contribution in [0.25, 0.3) is 10.2 Å². The van der Waals surface area contributed by atoms with Crippen LogP contribution < -0.4 is 20.7 Å². The van der Waals surface area contributed by atoms with Crippen LogP contribution in [0.1, 0.15) is 5.56 Å². The molecule has 0 atom stereocenters. The number of benzene rings is 1. The number of thiophene rings is 1. The van der Waals surface area contributed by atoms with Gasteiger partial charge in [0.1, 0.15) is 4.70 Å². The van der Waals surface area contributed by atoms with Crippen molar-refractivity contribution in [2.45, 2.75) is 13.0 Å². The number of hydrogen-bond donors (Lipinski definition) is 1. The van der Waals surface area contributed by atoms with Crippen molar-refractivity contribution in [1.29, 1.82) is 0 Å². The Kier molecular flexibility index (Phi) is 4.20. The van der Waals surface area contributed by atoms with Gasteiger partial charge >= 0.3 is 5.69 Å². The molecule has 7 heteroatoms. The highest BCUT2D eigenvalue weighted by Gasteiger charge is 2.10. The lowest BCUT2D eigenvalue weighted by Gasteiger charge is -2.10. The molecule has 0 unspecified atom stereocenters. The van der Waals surface area contributed by atoms with E-state index < -0.39 is 0 Å². The maximum atomic E-state index is 12.4. The van der Waals surface area contributed by atoms with Gasteiger partial charge in [-0.25, -0.2) is 4.79 Å². The highest BCUT2D eigenvalue weighted by molar-refractivity contribution is 7.17. The molecule has 0 fully saturated rings. The maximum absolute atomic E-state index is 12.4. The Morgan fingerprint density at radius 1 is 1.13 bits per heavy atom. The fraction of sp³-hybridized carbons (Fsp3) is 0.250. The van der Waals surface area contributed by atoms with Gasteiger partial charge in [-0.05, 0) is 35.6 Å². The summed E-state index contributed by atoms with van der Waals surface area (Å²) in [5, 5.41) is 1.79. The average Bonchev–Trinajstić information content (AvgIpc) is 3.02. The van der Waals surface area contributed by atoms with Gasteiger partial charge in [0, 0.05) is 6.54 Å². The van der Waals surface area contributed by atoms with E-state index in [0.29, 0.717) is 34.7 Å². The Hall–Kier alpha value is -2.54. The van der Waals surface area contributed by atoms with Crippen molar-refractivity contribution in [3.63, 3.8) is 0 Å². The van der Waals surface area contributed by atoms with E-state index in [1.807, 2.05) is 18.2 Å². The quantitative estimate of drug-likeness (QED) is 0.776. The number of fused-ring (bicyclic) bond motifs is 1. The Morgan fingerprint density at radius 3 is 2.65 bits per heavy atom. The van der Waals surface area contributed by atoms with E-state index in [4.69, 9.17) is 9.47 Å². The zero-order chi connectivity index (χ0) is 16.4. The molecule has 0 radical (unpaired) electrons. The number of aryl methyl sites for hydroxylation is 1. The van der Waals surface area contributed by atoms with Crippen molar-refractivity contribution in [3.8, 4) is 11.5 Å². The van der Waals surface area contributed by atoms with Gasteiger partial charge in [0.15, 0.2) is 11.5 Å². The number of nitrogens with one attached hydrogen (secondary N) is 1. The van der Waals surface area contributed by atoms with Gasteiger partial charge in [-0.15, -0.1) is 11.3 Å². The van der Waals surface area contributed by atoms with Crippen LogP contribution in [-0.4, -0.2) is 23.8 Å². The van der Waals surface area contributed by atoms with E-state index in [-0.39, 0.29) is 11.2 Å². The molecule has 0 amide bonds. The molecule has 0 aliphatic rings. The Labute approximate surface area is 135 Å². The number of rotatable bonds is 5. The summed E-state index contributed by atoms with van der Waals surface area (Å²) in [6.45, 7) is 0.303. The predicted octanol–water partition coefficient (Wildman–Crippen LogP) is 2.01. The Morgan fingerprint density at radius 2 is 1.91 bits per heavy atom. The summed E-state index contributed by atoms with van der Waals surface area (Å²) in [6, 6.07) is 7.29. The molecule has 0 aliphatic carbocycles. The molecule has 3 rings (SSSR count). The lowest BCUT2D eigenvalue weighted by Crippen LogP contribution is -2.35. The molecular weight excluding hydrogens is 316 g/mol. The molecule has 6 nitrogen and oxygen atoms in total. The Bertz CT molecular complexity index is 955. The monoisotopic (exact) mass is 332 g/mol. The maximum Gasteiger partial charge on any atom is 0.328 e. The fourth-order valence-corrected chi connectivity index (χ4v) is 3.25. The van der Waals surface area contributed by atoms with Crippen molar-refractivity contribution < 1.29 is 9.47 Å². The van der Waals surface area contributed by atoms with Crippen LogP contribution in [0.3, 0.4) is 0 Å². The lowest BCUT2D eigenvalue weighted by atomic mass is 10.1. The minimum atomic E-state index is -0.388. The van der Waals surface area contributed by atoms with Crippen LogP contribution in [0.4, 0.5) is 0 Å². The Balaban J connectivity index is 1.89. The van der Waals surface area contributed by atoms with E-state index in [1.54, 1.807) is 25.7 Å². The molecule has 1 N–H and O–H groups in total. The molecular formula is C16H16N2O4S. The summed E-state index contributed by atoms with van der Waals surface area (Å²) >= 11 is 1.33. The third kappa shape index (κ3) is 2.87. The molecule has 1 aromatic carbocycles. The van der Waals surface area contributed by atoms with Crippen molar-refractivity contribution in [2.75, 3.05) is 14.2 Å². The van der Waals surface area contributed by atoms with Crippen LogP contribution in [0.5, 0.6) is 11.5 Å². The van der Waals surface area contributed by atoms with Crippen LogP contribution in [-0.2, 0) is 13.0 Å². The highest BCUT2D eigenvalue weighted by atomic mass is 32.1. The van der Waals surface area contributed by atoms with E-state index >= 15 is 0 Å². The minimum Gasteiger partial charge on any atom is -0.493 e. The summed E-state index contributed by atoms with van der Waals surface area (Å²) < 4.78 is 12.3. The van der Waals surface area contributed by atoms with Crippen molar-refractivity contribution >= 4 is 21.6 Å². The summed E-state index contributed by atoms with van der Waals surface area (Å²) in [5.41, 5.74) is 0.910. The normalized spacial score (nSPS) is 10.9. The summed E-state index contributed by atoms with van der Waals surface area (Å²) in [6.07, 6.45) is 0.542. The van der Waals surface area contributed by atoms with Crippen LogP contribution >= 0.6 is 11.3 Å². The predicted molar refractivity (Wildman–Crippen MR) is 90.0 cm³/mol. The first kappa shape index (κ1) is 15.4. The first-order valence-electron chi connectivity index (χ1n) is 7.05. The minimum absolute atomic E-state index is 0.251. The SMILES string of the molecule is COc1ccc(CCn2c(=O)[nH]c3ccsc3c2=O)cc1OC. The molecule has 120 valence electrons. The molecule has 23 heavy (non-hydrogen) atoms. The van der Waals surface area contributed by atoms with Crippen molar-refractivity contribution in [1.82, 2.24) is 9.55 Å². The second-order valence-corrected chi connectivity index (χ2v) is 5.91. The standard InChI is InChI=1S/C16H16N2O4S/c1-21-12-4-3-10(9-13(12)22-2)5-7-18-15(19)14-11(6-8-23-14)17-16(18)20/h3-4,6,8-9H,5,7H2,1-2H3,(H,17,20). The van der Waals surface area contributed by atoms with Gasteiger partial charge in [-0.1, -0.05) is 6.07 Å². The first-order valence-corrected chi connectivity index (χ1v) is 7.93. The van der Waals surface area contributed by atoms with Gasteiger partial charge in [0.25, 0.3) is 5.56 Å². The molecule has 0 spiro atoms. The topological polar surface area (TPSA) is 73.3 Å². The second-order valence-electron chi connectivity index (χ2n) is 4.99. The summed E-state index contributed by atoms with van der Waals surface area (Å²) in [4.78, 5) is 27.2. The summed E-state index contributed by atoms with van der Waals surface area (Å²) in [5.74, 6) is 1.27. The van der Waals surface area contributed by atoms with Crippen LogP contribution in [0.15, 0.2) is 39.2 Å². The lowest BCUT2D eigenvalue weighted by molar-refractivity contribution is 0.354. The highest BCUT2D eigenvalue weighted by Crippen LogP contribution is 2.27. The van der Waals surface area contributed by atoms with Gasteiger partial charge in [-0.3, -0.25) is 9.36 Å². The van der Waals surface area contributed by atoms with Crippen molar-refractivity contribution in [3.05, 3.63) is 56.0 Å². The molecule has 2 heterocycles. The third-order valence-corrected chi connectivity index (χ3v) is 4.57. The summed E-state index contributed by atoms with van der Waals surface area (Å²) in [7, 11) is 3.15. The second kappa shape index (κ2) is 6.29. The number of hydrogen-bond acceptors (Lipinski definition) is 5. The van der Waals surface area contributed by atoms with E-state index in [1.165, 1.54) is 15.9 Å². The van der Waals surface area contributed by atoms with Gasteiger partial charge in [0.2, 0.25) is 0 Å². The van der Waals surface area contributed by atoms with E-state index in [9.17, 15) is 9.59 Å². The molecule has 0 aliphatic heterocycles. The molecule has 3 aromatic rings. The smallest absolute Gasteiger partial charge is 0.328 e. The number of H-pyrrole nitrogens is 1. The number of nitrogens with zero attached hydrogens (tertiary/aromatic N) is 1. The first-order chi connectivity index (χ1) is 11.1. The van der Waals surface area contributed by atoms with Crippen molar-refractivity contribution in [2.24, 2.45) is 0 Å². The van der Waals surface area contributed by atoms with Gasteiger partial charge in [0.05, 0.1) is 19.7 Å². The fourth-order valence-electron chi connectivity index (χ4n) is 2.45.